The number of hydrogen-bond acceptors (Lipinski definition) is 6. The molecule has 1 aliphatic heterocycles. The highest BCUT2D eigenvalue weighted by molar-refractivity contribution is 7.99. The molecule has 1 saturated carbocycles. The van der Waals surface area contributed by atoms with Crippen molar-refractivity contribution in [1.29, 1.82) is 0 Å². The minimum absolute atomic E-state index is 0.0307. The predicted molar refractivity (Wildman–Crippen MR) is 107 cm³/mol. The van der Waals surface area contributed by atoms with Crippen molar-refractivity contribution in [1.82, 2.24) is 5.16 Å². The molecule has 0 radical (unpaired) electrons. The summed E-state index contributed by atoms with van der Waals surface area (Å²) in [7, 11) is 0. The summed E-state index contributed by atoms with van der Waals surface area (Å²) in [6.45, 7) is 0. The molecule has 0 bridgehead atoms. The van der Waals surface area contributed by atoms with Crippen molar-refractivity contribution in [3.8, 4) is 11.5 Å². The first-order valence-electron chi connectivity index (χ1n) is 10.1. The molecule has 3 aliphatic rings. The Labute approximate surface area is 168 Å². The normalized spacial score (nSPS) is 19.0. The van der Waals surface area contributed by atoms with Gasteiger partial charge in [0.2, 0.25) is 5.91 Å². The number of carbonyl (C=O) groups is 1. The highest BCUT2D eigenvalue weighted by Gasteiger charge is 2.44. The van der Waals surface area contributed by atoms with Gasteiger partial charge in [0.1, 0.15) is 5.76 Å². The van der Waals surface area contributed by atoms with Gasteiger partial charge in [-0.1, -0.05) is 5.16 Å². The van der Waals surface area contributed by atoms with Gasteiger partial charge in [0.25, 0.3) is 5.79 Å². The second-order valence-corrected chi connectivity index (χ2v) is 8.75. The first kappa shape index (κ1) is 17.9. The van der Waals surface area contributed by atoms with Gasteiger partial charge in [-0.3, -0.25) is 4.79 Å². The van der Waals surface area contributed by atoms with Gasteiger partial charge < -0.3 is 19.3 Å². The van der Waals surface area contributed by atoms with E-state index in [9.17, 15) is 4.79 Å². The number of fused-ring (bicyclic) bond motifs is 2. The van der Waals surface area contributed by atoms with Crippen LogP contribution >= 0.6 is 11.8 Å². The molecule has 2 aliphatic carbocycles. The Kier molecular flexibility index (Phi) is 4.70. The maximum atomic E-state index is 12.3. The molecular weight excluding hydrogens is 376 g/mol. The van der Waals surface area contributed by atoms with E-state index in [0.717, 1.165) is 67.2 Å². The number of aromatic nitrogens is 1. The van der Waals surface area contributed by atoms with Crippen LogP contribution in [0.4, 0.5) is 5.69 Å². The van der Waals surface area contributed by atoms with Gasteiger partial charge in [-0.15, -0.1) is 11.8 Å². The molecule has 148 valence electrons. The topological polar surface area (TPSA) is 73.6 Å². The van der Waals surface area contributed by atoms with Crippen LogP contribution in [-0.4, -0.2) is 22.6 Å². The highest BCUT2D eigenvalue weighted by atomic mass is 32.2. The first-order valence-corrected chi connectivity index (χ1v) is 11.2. The predicted octanol–water partition coefficient (Wildman–Crippen LogP) is 4.47. The fourth-order valence-corrected chi connectivity index (χ4v) is 5.07. The summed E-state index contributed by atoms with van der Waals surface area (Å²) in [6.07, 6.45) is 8.49. The Morgan fingerprint density at radius 1 is 1.11 bits per heavy atom. The molecular formula is C21H24N2O4S. The standard InChI is InChI=1S/C21H24N2O4S/c24-20(13-28-12-16-15-5-1-2-6-17(15)27-23-16)22-14-7-8-18-19(11-14)26-21(25-18)9-3-4-10-21/h7-8,11H,1-6,9-10,12-13H2,(H,22,24). The Morgan fingerprint density at radius 2 is 1.93 bits per heavy atom. The van der Waals surface area contributed by atoms with Crippen molar-refractivity contribution < 1.29 is 18.8 Å². The zero-order chi connectivity index (χ0) is 19.0. The van der Waals surface area contributed by atoms with Gasteiger partial charge in [0.05, 0.1) is 11.4 Å². The maximum Gasteiger partial charge on any atom is 0.251 e. The zero-order valence-corrected chi connectivity index (χ0v) is 16.6. The van der Waals surface area contributed by atoms with Crippen LogP contribution in [0.1, 0.15) is 55.5 Å². The van der Waals surface area contributed by atoms with Crippen molar-refractivity contribution in [3.63, 3.8) is 0 Å². The lowest BCUT2D eigenvalue weighted by atomic mass is 9.97. The van der Waals surface area contributed by atoms with Crippen molar-refractivity contribution in [2.75, 3.05) is 11.1 Å². The second kappa shape index (κ2) is 7.35. The Hall–Kier alpha value is -2.15. The van der Waals surface area contributed by atoms with E-state index in [4.69, 9.17) is 14.0 Å². The molecule has 28 heavy (non-hydrogen) atoms. The lowest BCUT2D eigenvalue weighted by Crippen LogP contribution is -2.34. The van der Waals surface area contributed by atoms with Crippen LogP contribution in [0.25, 0.3) is 0 Å². The van der Waals surface area contributed by atoms with Gasteiger partial charge in [0, 0.05) is 42.3 Å². The lowest BCUT2D eigenvalue weighted by molar-refractivity contribution is -0.113. The zero-order valence-electron chi connectivity index (χ0n) is 15.8. The second-order valence-electron chi connectivity index (χ2n) is 7.76. The van der Waals surface area contributed by atoms with Crippen molar-refractivity contribution in [2.24, 2.45) is 0 Å². The van der Waals surface area contributed by atoms with E-state index in [0.29, 0.717) is 11.5 Å². The molecule has 0 unspecified atom stereocenters. The van der Waals surface area contributed by atoms with Gasteiger partial charge in [0.15, 0.2) is 11.5 Å². The number of ether oxygens (including phenoxy) is 2. The third kappa shape index (κ3) is 3.48. The van der Waals surface area contributed by atoms with Crippen LogP contribution in [0, 0.1) is 0 Å². The quantitative estimate of drug-likeness (QED) is 0.798. The number of amides is 1. The van der Waals surface area contributed by atoms with Crippen LogP contribution in [0.2, 0.25) is 0 Å². The fourth-order valence-electron chi connectivity index (χ4n) is 4.29. The average Bonchev–Trinajstić information content (AvgIpc) is 3.40. The number of hydrogen-bond donors (Lipinski definition) is 1. The molecule has 1 spiro atoms. The Bertz CT molecular complexity index is 889. The van der Waals surface area contributed by atoms with E-state index in [-0.39, 0.29) is 5.91 Å². The molecule has 1 aromatic carbocycles. The number of aryl methyl sites for hydroxylation is 1. The van der Waals surface area contributed by atoms with Gasteiger partial charge in [-0.25, -0.2) is 0 Å². The van der Waals surface area contributed by atoms with Crippen molar-refractivity contribution in [3.05, 3.63) is 35.2 Å². The minimum atomic E-state index is -0.475. The molecule has 7 heteroatoms. The number of nitrogens with one attached hydrogen (secondary N) is 1. The molecule has 1 aromatic heterocycles. The molecule has 0 atom stereocenters. The van der Waals surface area contributed by atoms with Crippen LogP contribution in [0.5, 0.6) is 11.5 Å². The summed E-state index contributed by atoms with van der Waals surface area (Å²) in [6, 6.07) is 5.61. The molecule has 5 rings (SSSR count). The number of nitrogens with zero attached hydrogens (tertiary/aromatic N) is 1. The van der Waals surface area contributed by atoms with Gasteiger partial charge in [-0.2, -0.15) is 0 Å². The Balaban J connectivity index is 1.14. The van der Waals surface area contributed by atoms with Gasteiger partial charge in [-0.05, 0) is 44.2 Å². The van der Waals surface area contributed by atoms with Crippen molar-refractivity contribution >= 4 is 23.4 Å². The molecule has 0 saturated heterocycles. The Morgan fingerprint density at radius 3 is 2.82 bits per heavy atom. The highest BCUT2D eigenvalue weighted by Crippen LogP contribution is 2.47. The van der Waals surface area contributed by atoms with E-state index in [1.807, 2.05) is 18.2 Å². The largest absolute Gasteiger partial charge is 0.448 e. The molecule has 2 heterocycles. The molecule has 6 nitrogen and oxygen atoms in total. The summed E-state index contributed by atoms with van der Waals surface area (Å²) in [5, 5.41) is 7.15. The number of carbonyl (C=O) groups excluding carboxylic acids is 1. The van der Waals surface area contributed by atoms with Crippen LogP contribution in [0.3, 0.4) is 0 Å². The van der Waals surface area contributed by atoms with Crippen LogP contribution in [0.15, 0.2) is 22.7 Å². The summed E-state index contributed by atoms with van der Waals surface area (Å²) in [4.78, 5) is 12.3. The first-order chi connectivity index (χ1) is 13.7. The van der Waals surface area contributed by atoms with Crippen LogP contribution < -0.4 is 14.8 Å². The monoisotopic (exact) mass is 400 g/mol. The molecule has 1 N–H and O–H groups in total. The molecule has 1 amide bonds. The van der Waals surface area contributed by atoms with E-state index >= 15 is 0 Å². The summed E-state index contributed by atoms with van der Waals surface area (Å²) in [5.74, 6) is 3.10. The van der Waals surface area contributed by atoms with E-state index in [1.54, 1.807) is 11.8 Å². The number of thioether (sulfide) groups is 1. The number of anilines is 1. The molecule has 1 fully saturated rings. The lowest BCUT2D eigenvalue weighted by Gasteiger charge is -2.21. The average molecular weight is 401 g/mol. The van der Waals surface area contributed by atoms with E-state index in [2.05, 4.69) is 10.5 Å². The smallest absolute Gasteiger partial charge is 0.251 e. The minimum Gasteiger partial charge on any atom is -0.448 e. The van der Waals surface area contributed by atoms with E-state index < -0.39 is 5.79 Å². The maximum absolute atomic E-state index is 12.3. The van der Waals surface area contributed by atoms with E-state index in [1.165, 1.54) is 18.4 Å². The molecule has 2 aromatic rings. The van der Waals surface area contributed by atoms with Crippen molar-refractivity contribution in [2.45, 2.75) is 62.9 Å². The number of benzene rings is 1. The third-order valence-electron chi connectivity index (χ3n) is 5.69. The summed E-state index contributed by atoms with van der Waals surface area (Å²) < 4.78 is 17.5. The van der Waals surface area contributed by atoms with Crippen LogP contribution in [-0.2, 0) is 23.4 Å². The third-order valence-corrected chi connectivity index (χ3v) is 6.63. The summed E-state index contributed by atoms with van der Waals surface area (Å²) >= 11 is 1.56. The SMILES string of the molecule is O=C(CSCc1noc2c1CCCC2)Nc1ccc2c(c1)OC1(CCCC1)O2. The van der Waals surface area contributed by atoms with Gasteiger partial charge >= 0.3 is 0 Å². The summed E-state index contributed by atoms with van der Waals surface area (Å²) in [5.41, 5.74) is 3.00. The fraction of sp³-hybridized carbons (Fsp3) is 0.524. The number of rotatable bonds is 5.